The second-order valence-corrected chi connectivity index (χ2v) is 7.29. The smallest absolute Gasteiger partial charge is 0.214 e. The zero-order chi connectivity index (χ0) is 17.1. The van der Waals surface area contributed by atoms with Gasteiger partial charge < -0.3 is 15.2 Å². The van der Waals surface area contributed by atoms with E-state index in [0.29, 0.717) is 11.9 Å². The number of pyridine rings is 1. The van der Waals surface area contributed by atoms with Crippen LogP contribution in [0.1, 0.15) is 57.8 Å². The molecular formula is C19H26N4O2. The summed E-state index contributed by atoms with van der Waals surface area (Å²) in [5.74, 6) is 1.50. The number of ether oxygens (including phenoxy) is 1. The summed E-state index contributed by atoms with van der Waals surface area (Å²) in [6.07, 6.45) is 13.0. The SMILES string of the molecule is OC1CCC(Oc2cc3c(NC4CCCCC4)ncnc3cn2)CC1. The van der Waals surface area contributed by atoms with E-state index in [2.05, 4.69) is 20.3 Å². The lowest BCUT2D eigenvalue weighted by Crippen LogP contribution is -2.26. The second kappa shape index (κ2) is 7.52. The number of rotatable bonds is 4. The van der Waals surface area contributed by atoms with Gasteiger partial charge in [-0.1, -0.05) is 19.3 Å². The van der Waals surface area contributed by atoms with Crippen molar-refractivity contribution in [2.75, 3.05) is 5.32 Å². The molecule has 2 aliphatic carbocycles. The van der Waals surface area contributed by atoms with Gasteiger partial charge in [0.2, 0.25) is 5.88 Å². The highest BCUT2D eigenvalue weighted by Gasteiger charge is 2.21. The largest absolute Gasteiger partial charge is 0.474 e. The first-order chi connectivity index (χ1) is 12.3. The highest BCUT2D eigenvalue weighted by atomic mass is 16.5. The van der Waals surface area contributed by atoms with Gasteiger partial charge in [-0.2, -0.15) is 0 Å². The van der Waals surface area contributed by atoms with Gasteiger partial charge in [-0.25, -0.2) is 15.0 Å². The number of nitrogens with zero attached hydrogens (tertiary/aromatic N) is 3. The summed E-state index contributed by atoms with van der Waals surface area (Å²) in [5.41, 5.74) is 0.833. The highest BCUT2D eigenvalue weighted by Crippen LogP contribution is 2.28. The maximum atomic E-state index is 9.63. The Kier molecular flexibility index (Phi) is 4.97. The molecule has 4 rings (SSSR count). The van der Waals surface area contributed by atoms with E-state index in [1.54, 1.807) is 12.5 Å². The van der Waals surface area contributed by atoms with Gasteiger partial charge in [-0.05, 0) is 38.5 Å². The summed E-state index contributed by atoms with van der Waals surface area (Å²) >= 11 is 0. The number of anilines is 1. The lowest BCUT2D eigenvalue weighted by atomic mass is 9.95. The van der Waals surface area contributed by atoms with E-state index >= 15 is 0 Å². The second-order valence-electron chi connectivity index (χ2n) is 7.29. The minimum Gasteiger partial charge on any atom is -0.474 e. The number of aromatic nitrogens is 3. The fraction of sp³-hybridized carbons (Fsp3) is 0.632. The fourth-order valence-electron chi connectivity index (χ4n) is 3.89. The first kappa shape index (κ1) is 16.5. The molecule has 6 nitrogen and oxygen atoms in total. The van der Waals surface area contributed by atoms with Crippen LogP contribution in [0.2, 0.25) is 0 Å². The summed E-state index contributed by atoms with van der Waals surface area (Å²) < 4.78 is 6.05. The van der Waals surface area contributed by atoms with Crippen LogP contribution in [0.4, 0.5) is 5.82 Å². The van der Waals surface area contributed by atoms with E-state index in [9.17, 15) is 5.11 Å². The van der Waals surface area contributed by atoms with Crippen molar-refractivity contribution in [1.82, 2.24) is 15.0 Å². The number of fused-ring (bicyclic) bond motifs is 1. The first-order valence-corrected chi connectivity index (χ1v) is 9.50. The summed E-state index contributed by atoms with van der Waals surface area (Å²) in [5, 5.41) is 14.2. The van der Waals surface area contributed by atoms with Crippen molar-refractivity contribution in [3.63, 3.8) is 0 Å². The Labute approximate surface area is 148 Å². The molecule has 2 aromatic heterocycles. The highest BCUT2D eigenvalue weighted by molar-refractivity contribution is 5.89. The third-order valence-electron chi connectivity index (χ3n) is 5.37. The minimum atomic E-state index is -0.177. The topological polar surface area (TPSA) is 80.2 Å². The van der Waals surface area contributed by atoms with Gasteiger partial charge in [0, 0.05) is 17.5 Å². The molecule has 2 fully saturated rings. The van der Waals surface area contributed by atoms with E-state index in [1.807, 2.05) is 6.07 Å². The molecule has 0 radical (unpaired) electrons. The molecule has 0 atom stereocenters. The van der Waals surface area contributed by atoms with Crippen LogP contribution in [0.5, 0.6) is 5.88 Å². The van der Waals surface area contributed by atoms with Crippen LogP contribution < -0.4 is 10.1 Å². The predicted molar refractivity (Wildman–Crippen MR) is 96.7 cm³/mol. The number of nitrogens with one attached hydrogen (secondary N) is 1. The van der Waals surface area contributed by atoms with Gasteiger partial charge in [0.25, 0.3) is 0 Å². The van der Waals surface area contributed by atoms with Gasteiger partial charge in [-0.15, -0.1) is 0 Å². The van der Waals surface area contributed by atoms with Crippen LogP contribution in [0.3, 0.4) is 0 Å². The molecule has 0 amide bonds. The maximum absolute atomic E-state index is 9.63. The normalized spacial score (nSPS) is 25.0. The van der Waals surface area contributed by atoms with Gasteiger partial charge in [-0.3, -0.25) is 0 Å². The Morgan fingerprint density at radius 1 is 0.960 bits per heavy atom. The lowest BCUT2D eigenvalue weighted by molar-refractivity contribution is 0.0644. The van der Waals surface area contributed by atoms with E-state index in [4.69, 9.17) is 4.74 Å². The molecule has 6 heteroatoms. The van der Waals surface area contributed by atoms with Crippen LogP contribution in [-0.2, 0) is 0 Å². The van der Waals surface area contributed by atoms with Gasteiger partial charge in [0.15, 0.2) is 0 Å². The molecular weight excluding hydrogens is 316 g/mol. The van der Waals surface area contributed by atoms with Crippen LogP contribution in [0, 0.1) is 0 Å². The number of hydrogen-bond donors (Lipinski definition) is 2. The van der Waals surface area contributed by atoms with Crippen molar-refractivity contribution in [3.05, 3.63) is 18.6 Å². The van der Waals surface area contributed by atoms with Gasteiger partial charge in [0.05, 0.1) is 17.8 Å². The quantitative estimate of drug-likeness (QED) is 0.886. The third kappa shape index (κ3) is 4.00. The minimum absolute atomic E-state index is 0.132. The molecule has 0 bridgehead atoms. The zero-order valence-corrected chi connectivity index (χ0v) is 14.5. The summed E-state index contributed by atoms with van der Waals surface area (Å²) in [6, 6.07) is 2.44. The van der Waals surface area contributed by atoms with Gasteiger partial charge >= 0.3 is 0 Å². The standard InChI is InChI=1S/C19H26N4O2/c24-14-6-8-15(9-7-14)25-18-10-16-17(11-20-18)21-12-22-19(16)23-13-4-2-1-3-5-13/h10-15,24H,1-9H2,(H,21,22,23). The van der Waals surface area contributed by atoms with Crippen molar-refractivity contribution in [2.45, 2.75) is 76.0 Å². The van der Waals surface area contributed by atoms with E-state index in [1.165, 1.54) is 32.1 Å². The number of aliphatic hydroxyl groups is 1. The molecule has 0 aliphatic heterocycles. The average Bonchev–Trinajstić information content (AvgIpc) is 2.65. The Bertz CT molecular complexity index is 710. The molecule has 0 spiro atoms. The summed E-state index contributed by atoms with van der Waals surface area (Å²) in [4.78, 5) is 13.2. The average molecular weight is 342 g/mol. The zero-order valence-electron chi connectivity index (χ0n) is 14.5. The van der Waals surface area contributed by atoms with Crippen LogP contribution >= 0.6 is 0 Å². The Morgan fingerprint density at radius 2 is 1.76 bits per heavy atom. The fourth-order valence-corrected chi connectivity index (χ4v) is 3.89. The van der Waals surface area contributed by atoms with Crippen molar-refractivity contribution in [1.29, 1.82) is 0 Å². The van der Waals surface area contributed by atoms with E-state index in [-0.39, 0.29) is 12.2 Å². The van der Waals surface area contributed by atoms with Gasteiger partial charge in [0.1, 0.15) is 18.2 Å². The van der Waals surface area contributed by atoms with Crippen molar-refractivity contribution in [3.8, 4) is 5.88 Å². The van der Waals surface area contributed by atoms with Crippen molar-refractivity contribution in [2.24, 2.45) is 0 Å². The maximum Gasteiger partial charge on any atom is 0.214 e. The Balaban J connectivity index is 1.52. The van der Waals surface area contributed by atoms with Crippen molar-refractivity contribution >= 4 is 16.7 Å². The van der Waals surface area contributed by atoms with Crippen LogP contribution in [0.15, 0.2) is 18.6 Å². The first-order valence-electron chi connectivity index (χ1n) is 9.50. The molecule has 0 aromatic carbocycles. The Morgan fingerprint density at radius 3 is 2.56 bits per heavy atom. The molecule has 2 saturated carbocycles. The van der Waals surface area contributed by atoms with E-state index < -0.39 is 0 Å². The summed E-state index contributed by atoms with van der Waals surface area (Å²) in [6.45, 7) is 0. The Hall–Kier alpha value is -1.95. The molecule has 2 aliphatic rings. The molecule has 0 unspecified atom stereocenters. The summed E-state index contributed by atoms with van der Waals surface area (Å²) in [7, 11) is 0. The number of hydrogen-bond acceptors (Lipinski definition) is 6. The molecule has 2 heterocycles. The van der Waals surface area contributed by atoms with Crippen LogP contribution in [0.25, 0.3) is 10.9 Å². The molecule has 2 N–H and O–H groups in total. The lowest BCUT2D eigenvalue weighted by Gasteiger charge is -2.26. The predicted octanol–water partition coefficient (Wildman–Crippen LogP) is 3.45. The number of aliphatic hydroxyl groups excluding tert-OH is 1. The van der Waals surface area contributed by atoms with E-state index in [0.717, 1.165) is 42.4 Å². The van der Waals surface area contributed by atoms with Crippen molar-refractivity contribution < 1.29 is 9.84 Å². The molecule has 25 heavy (non-hydrogen) atoms. The molecule has 134 valence electrons. The molecule has 2 aromatic rings. The molecule has 0 saturated heterocycles. The van der Waals surface area contributed by atoms with Crippen LogP contribution in [-0.4, -0.2) is 38.3 Å². The monoisotopic (exact) mass is 342 g/mol. The third-order valence-corrected chi connectivity index (χ3v) is 5.37.